The summed E-state index contributed by atoms with van der Waals surface area (Å²) in [5, 5.41) is 0. The van der Waals surface area contributed by atoms with E-state index in [2.05, 4.69) is 0 Å². The Labute approximate surface area is 74.5 Å². The van der Waals surface area contributed by atoms with Gasteiger partial charge in [-0.3, -0.25) is 4.79 Å². The quantitative estimate of drug-likeness (QED) is 0.540. The van der Waals surface area contributed by atoms with Crippen LogP contribution in [-0.2, 0) is 4.79 Å². The summed E-state index contributed by atoms with van der Waals surface area (Å²) >= 11 is 0. The molecule has 0 saturated heterocycles. The zero-order valence-corrected chi connectivity index (χ0v) is 7.72. The monoisotopic (exact) mass is 166 g/mol. The van der Waals surface area contributed by atoms with Gasteiger partial charge in [-0.25, -0.2) is 0 Å². The molecule has 2 aliphatic rings. The highest BCUT2D eigenvalue weighted by Gasteiger charge is 2.33. The first-order chi connectivity index (χ1) is 5.88. The number of rotatable bonds is 0. The van der Waals surface area contributed by atoms with E-state index in [1.807, 2.05) is 0 Å². The summed E-state index contributed by atoms with van der Waals surface area (Å²) in [6.45, 7) is 0. The van der Waals surface area contributed by atoms with Crippen LogP contribution in [0.15, 0.2) is 0 Å². The number of carbonyl (C=O) groups excluding carboxylic acids is 1. The van der Waals surface area contributed by atoms with Gasteiger partial charge in [0.15, 0.2) is 0 Å². The summed E-state index contributed by atoms with van der Waals surface area (Å²) in [4.78, 5) is 11.5. The first-order valence-corrected chi connectivity index (χ1v) is 5.40. The molecule has 2 aliphatic carbocycles. The molecule has 2 fully saturated rings. The number of ketones is 1. The molecule has 1 unspecified atom stereocenters. The number of hydrogen-bond acceptors (Lipinski definition) is 1. The smallest absolute Gasteiger partial charge is 0.136 e. The Kier molecular flexibility index (Phi) is 2.48. The molecule has 0 amide bonds. The maximum atomic E-state index is 11.5. The predicted octanol–water partition coefficient (Wildman–Crippen LogP) is 2.94. The average Bonchev–Trinajstić information content (AvgIpc) is 2.31. The summed E-state index contributed by atoms with van der Waals surface area (Å²) in [7, 11) is 0. The molecular formula is C11H18O. The average molecular weight is 166 g/mol. The third-order valence-corrected chi connectivity index (χ3v) is 3.58. The molecule has 0 spiro atoms. The Morgan fingerprint density at radius 2 is 1.67 bits per heavy atom. The second-order valence-corrected chi connectivity index (χ2v) is 4.36. The largest absolute Gasteiger partial charge is 0.299 e. The van der Waals surface area contributed by atoms with Crippen LogP contribution in [0.1, 0.15) is 51.4 Å². The molecule has 0 aromatic heterocycles. The molecule has 0 N–H and O–H groups in total. The van der Waals surface area contributed by atoms with Crippen molar-refractivity contribution in [1.82, 2.24) is 0 Å². The maximum Gasteiger partial charge on any atom is 0.136 e. The van der Waals surface area contributed by atoms with E-state index < -0.39 is 0 Å². The van der Waals surface area contributed by atoms with Gasteiger partial charge in [0, 0.05) is 12.3 Å². The summed E-state index contributed by atoms with van der Waals surface area (Å²) in [6, 6.07) is 0. The predicted molar refractivity (Wildman–Crippen MR) is 48.9 cm³/mol. The van der Waals surface area contributed by atoms with Gasteiger partial charge in [-0.2, -0.15) is 0 Å². The molecule has 2 rings (SSSR count). The van der Waals surface area contributed by atoms with Crippen molar-refractivity contribution in [2.45, 2.75) is 51.4 Å². The molecule has 0 heterocycles. The zero-order valence-electron chi connectivity index (χ0n) is 7.72. The second-order valence-electron chi connectivity index (χ2n) is 4.36. The molecule has 0 aromatic rings. The third-order valence-electron chi connectivity index (χ3n) is 3.58. The minimum Gasteiger partial charge on any atom is -0.299 e. The van der Waals surface area contributed by atoms with Gasteiger partial charge in [0.1, 0.15) is 5.78 Å². The van der Waals surface area contributed by atoms with E-state index in [9.17, 15) is 4.79 Å². The van der Waals surface area contributed by atoms with Crippen molar-refractivity contribution in [2.24, 2.45) is 11.8 Å². The van der Waals surface area contributed by atoms with Gasteiger partial charge in [0.25, 0.3) is 0 Å². The van der Waals surface area contributed by atoms with Crippen LogP contribution in [0.2, 0.25) is 0 Å². The van der Waals surface area contributed by atoms with Gasteiger partial charge >= 0.3 is 0 Å². The van der Waals surface area contributed by atoms with Crippen molar-refractivity contribution in [3.8, 4) is 0 Å². The molecule has 0 bridgehead atoms. The topological polar surface area (TPSA) is 17.1 Å². The lowest BCUT2D eigenvalue weighted by atomic mass is 9.84. The summed E-state index contributed by atoms with van der Waals surface area (Å²) in [6.07, 6.45) is 10.0. The Balaban J connectivity index is 2.00. The van der Waals surface area contributed by atoms with Crippen LogP contribution in [0.3, 0.4) is 0 Å². The summed E-state index contributed by atoms with van der Waals surface area (Å²) in [5.74, 6) is 1.82. The van der Waals surface area contributed by atoms with Crippen molar-refractivity contribution >= 4 is 5.78 Å². The molecular weight excluding hydrogens is 148 g/mol. The van der Waals surface area contributed by atoms with Crippen LogP contribution in [0, 0.1) is 11.8 Å². The zero-order chi connectivity index (χ0) is 8.39. The van der Waals surface area contributed by atoms with Crippen LogP contribution >= 0.6 is 0 Å². The van der Waals surface area contributed by atoms with E-state index in [1.54, 1.807) is 0 Å². The van der Waals surface area contributed by atoms with Crippen LogP contribution in [-0.4, -0.2) is 5.78 Å². The Morgan fingerprint density at radius 3 is 2.50 bits per heavy atom. The van der Waals surface area contributed by atoms with Crippen molar-refractivity contribution in [3.05, 3.63) is 0 Å². The molecule has 1 heteroatoms. The van der Waals surface area contributed by atoms with Crippen molar-refractivity contribution in [3.63, 3.8) is 0 Å². The molecule has 2 atom stereocenters. The van der Waals surface area contributed by atoms with Gasteiger partial charge < -0.3 is 0 Å². The van der Waals surface area contributed by atoms with E-state index in [1.165, 1.54) is 44.9 Å². The fourth-order valence-corrected chi connectivity index (χ4v) is 2.84. The highest BCUT2D eigenvalue weighted by molar-refractivity contribution is 5.83. The van der Waals surface area contributed by atoms with E-state index in [0.717, 1.165) is 12.3 Å². The summed E-state index contributed by atoms with van der Waals surface area (Å²) in [5.41, 5.74) is 0. The van der Waals surface area contributed by atoms with Crippen molar-refractivity contribution in [2.75, 3.05) is 0 Å². The van der Waals surface area contributed by atoms with Crippen LogP contribution in [0.5, 0.6) is 0 Å². The van der Waals surface area contributed by atoms with Gasteiger partial charge in [-0.15, -0.1) is 0 Å². The fourth-order valence-electron chi connectivity index (χ4n) is 2.84. The van der Waals surface area contributed by atoms with E-state index in [4.69, 9.17) is 0 Å². The van der Waals surface area contributed by atoms with E-state index in [0.29, 0.717) is 11.7 Å². The second kappa shape index (κ2) is 3.59. The summed E-state index contributed by atoms with van der Waals surface area (Å²) < 4.78 is 0. The lowest BCUT2D eigenvalue weighted by Gasteiger charge is -2.20. The molecule has 12 heavy (non-hydrogen) atoms. The van der Waals surface area contributed by atoms with E-state index >= 15 is 0 Å². The standard InChI is InChI=1S/C11H18O/c12-11-8-7-9-5-3-1-2-4-6-10(9)11/h9-10H,1-8H2/t9-,10?/m0/s1. The highest BCUT2D eigenvalue weighted by Crippen LogP contribution is 2.37. The molecule has 68 valence electrons. The molecule has 0 radical (unpaired) electrons. The Bertz CT molecular complexity index is 174. The number of fused-ring (bicyclic) bond motifs is 1. The Hall–Kier alpha value is -0.330. The maximum absolute atomic E-state index is 11.5. The molecule has 0 aliphatic heterocycles. The van der Waals surface area contributed by atoms with Gasteiger partial charge in [0.2, 0.25) is 0 Å². The van der Waals surface area contributed by atoms with Crippen molar-refractivity contribution < 1.29 is 4.79 Å². The molecule has 0 aromatic carbocycles. The lowest BCUT2D eigenvalue weighted by molar-refractivity contribution is -0.121. The van der Waals surface area contributed by atoms with Crippen LogP contribution < -0.4 is 0 Å². The first kappa shape index (κ1) is 8.28. The molecule has 1 nitrogen and oxygen atoms in total. The lowest BCUT2D eigenvalue weighted by Crippen LogP contribution is -2.16. The minimum atomic E-state index is 0.477. The normalized spacial score (nSPS) is 37.2. The van der Waals surface area contributed by atoms with Gasteiger partial charge in [-0.05, 0) is 25.2 Å². The first-order valence-electron chi connectivity index (χ1n) is 5.40. The van der Waals surface area contributed by atoms with Crippen LogP contribution in [0.4, 0.5) is 0 Å². The van der Waals surface area contributed by atoms with Gasteiger partial charge in [-0.1, -0.05) is 25.7 Å². The van der Waals surface area contributed by atoms with E-state index in [-0.39, 0.29) is 0 Å². The van der Waals surface area contributed by atoms with Crippen molar-refractivity contribution in [1.29, 1.82) is 0 Å². The highest BCUT2D eigenvalue weighted by atomic mass is 16.1. The number of hydrogen-bond donors (Lipinski definition) is 0. The van der Waals surface area contributed by atoms with Crippen LogP contribution in [0.25, 0.3) is 0 Å². The minimum absolute atomic E-state index is 0.477. The third kappa shape index (κ3) is 1.55. The Morgan fingerprint density at radius 1 is 0.917 bits per heavy atom. The number of carbonyl (C=O) groups is 1. The SMILES string of the molecule is O=C1CC[C@@H]2CCCCCCC12. The fraction of sp³-hybridized carbons (Fsp3) is 0.909. The number of Topliss-reactive ketones (excluding diaryl/α,β-unsaturated/α-hetero) is 1. The van der Waals surface area contributed by atoms with Gasteiger partial charge in [0.05, 0.1) is 0 Å². The molecule has 2 saturated carbocycles.